The Balaban J connectivity index is 0.640. The van der Waals surface area contributed by atoms with Crippen LogP contribution in [0.25, 0.3) is 0 Å². The molecule has 5 aliphatic rings. The van der Waals surface area contributed by atoms with Gasteiger partial charge in [-0.05, 0) is 111 Å². The topological polar surface area (TPSA) is 215 Å². The first kappa shape index (κ1) is 46.8. The fraction of sp³-hybridized carbons (Fsp3) is 0.392. The Bertz CT molecular complexity index is 2750. The number of anilines is 4. The van der Waals surface area contributed by atoms with Crippen LogP contribution in [-0.4, -0.2) is 129 Å². The van der Waals surface area contributed by atoms with E-state index in [0.717, 1.165) is 116 Å². The van der Waals surface area contributed by atoms with Crippen molar-refractivity contribution in [3.05, 3.63) is 119 Å². The van der Waals surface area contributed by atoms with Crippen molar-refractivity contribution in [2.24, 2.45) is 5.73 Å². The van der Waals surface area contributed by atoms with Gasteiger partial charge in [-0.15, -0.1) is 10.2 Å². The summed E-state index contributed by atoms with van der Waals surface area (Å²) in [6.07, 6.45) is 8.06. The number of piperidine rings is 3. The van der Waals surface area contributed by atoms with E-state index < -0.39 is 11.9 Å². The molecule has 4 fully saturated rings. The highest BCUT2D eigenvalue weighted by molar-refractivity contribution is 7.99. The van der Waals surface area contributed by atoms with Gasteiger partial charge in [0.05, 0.1) is 12.4 Å². The van der Waals surface area contributed by atoms with Gasteiger partial charge in [0.25, 0.3) is 17.7 Å². The van der Waals surface area contributed by atoms with Crippen LogP contribution in [-0.2, 0) is 22.7 Å². The van der Waals surface area contributed by atoms with Crippen LogP contribution in [0.1, 0.15) is 87.8 Å². The lowest BCUT2D eigenvalue weighted by Crippen LogP contribution is -2.53. The summed E-state index contributed by atoms with van der Waals surface area (Å²) in [5.74, 6) is 0.0797. The van der Waals surface area contributed by atoms with Crippen LogP contribution < -0.4 is 36.4 Å². The van der Waals surface area contributed by atoms with E-state index in [1.165, 1.54) is 16.7 Å². The minimum atomic E-state index is -0.679. The van der Waals surface area contributed by atoms with Crippen LogP contribution in [0.5, 0.6) is 0 Å². The molecule has 1 atom stereocenters. The summed E-state index contributed by atoms with van der Waals surface area (Å²) in [7, 11) is 0. The summed E-state index contributed by atoms with van der Waals surface area (Å²) in [5, 5.41) is 17.7. The fourth-order valence-corrected chi connectivity index (χ4v) is 10.8. The molecule has 3 aromatic carbocycles. The van der Waals surface area contributed by atoms with Crippen LogP contribution in [0.2, 0.25) is 0 Å². The maximum atomic E-state index is 13.3. The third-order valence-corrected chi connectivity index (χ3v) is 15.1. The molecular formula is C51H57N13O5S. The number of hydrogen-bond acceptors (Lipinski definition) is 15. The van der Waals surface area contributed by atoms with E-state index in [4.69, 9.17) is 5.73 Å². The summed E-state index contributed by atoms with van der Waals surface area (Å²) >= 11 is 1.51. The molecule has 1 unspecified atom stereocenters. The zero-order valence-corrected chi connectivity index (χ0v) is 40.0. The molecule has 0 radical (unpaired) electrons. The number of nitrogens with one attached hydrogen (secondary N) is 3. The highest BCUT2D eigenvalue weighted by Gasteiger charge is 2.39. The van der Waals surface area contributed by atoms with Gasteiger partial charge in [-0.1, -0.05) is 30.0 Å². The molecule has 5 N–H and O–H groups in total. The number of benzene rings is 3. The number of imide groups is 1. The summed E-state index contributed by atoms with van der Waals surface area (Å²) in [5.41, 5.74) is 10.9. The molecule has 2 aromatic heterocycles. The van der Waals surface area contributed by atoms with Gasteiger partial charge in [0.15, 0.2) is 11.5 Å². The number of nitrogens with two attached hydrogens (primary N) is 1. The number of piperazine rings is 1. The standard InChI is InChI=1S/C51H57N13O5S/c1-51(52)17-21-62(22-18-51)44-30-54-46(31-53-44)70-39-4-2-3-36(28-39)56-47(66)34-6-8-37(9-7-34)60-19-15-38(16-20-60)61-23-25-63(26-24-61)43-13-11-41(58-59-43)48(67)55-29-33-5-10-40-35(27-33)32-64(50(40)69)42-12-14-45(65)57-49(42)68/h2-11,13,27-28,30-31,38,42H,12,14-26,29,32,52H2,1H3,(H,55,67)(H,56,66)(H,57,65,68). The van der Waals surface area contributed by atoms with Crippen molar-refractivity contribution in [1.82, 2.24) is 40.6 Å². The van der Waals surface area contributed by atoms with Gasteiger partial charge in [-0.25, -0.2) is 9.97 Å². The molecule has 0 aliphatic carbocycles. The Morgan fingerprint density at radius 3 is 2.27 bits per heavy atom. The first-order chi connectivity index (χ1) is 33.9. The van der Waals surface area contributed by atoms with E-state index in [9.17, 15) is 24.0 Å². The second-order valence-corrected chi connectivity index (χ2v) is 20.2. The number of fused-ring (bicyclic) bond motifs is 1. The number of aromatic nitrogens is 4. The van der Waals surface area contributed by atoms with Crippen LogP contribution in [0.3, 0.4) is 0 Å². The molecule has 362 valence electrons. The largest absolute Gasteiger partial charge is 0.371 e. The van der Waals surface area contributed by atoms with Gasteiger partial charge >= 0.3 is 0 Å². The van der Waals surface area contributed by atoms with Gasteiger partial charge in [0.1, 0.15) is 16.9 Å². The summed E-state index contributed by atoms with van der Waals surface area (Å²) in [6.45, 7) is 9.65. The molecule has 0 spiro atoms. The summed E-state index contributed by atoms with van der Waals surface area (Å²) in [4.78, 5) is 84.6. The quantitative estimate of drug-likeness (QED) is 0.127. The lowest BCUT2D eigenvalue weighted by Gasteiger charge is -2.43. The van der Waals surface area contributed by atoms with E-state index >= 15 is 0 Å². The average Bonchev–Trinajstić information content (AvgIpc) is 3.70. The molecule has 70 heavy (non-hydrogen) atoms. The van der Waals surface area contributed by atoms with Gasteiger partial charge in [0.2, 0.25) is 11.8 Å². The van der Waals surface area contributed by atoms with Crippen molar-refractivity contribution in [1.29, 1.82) is 0 Å². The Morgan fingerprint density at radius 1 is 0.786 bits per heavy atom. The molecule has 19 heteroatoms. The maximum absolute atomic E-state index is 13.3. The molecule has 5 aliphatic heterocycles. The minimum Gasteiger partial charge on any atom is -0.371 e. The van der Waals surface area contributed by atoms with Gasteiger partial charge in [-0.2, -0.15) is 0 Å². The zero-order valence-electron chi connectivity index (χ0n) is 39.2. The number of hydrogen-bond donors (Lipinski definition) is 4. The van der Waals surface area contributed by atoms with Crippen molar-refractivity contribution in [2.45, 2.75) is 86.1 Å². The highest BCUT2D eigenvalue weighted by Crippen LogP contribution is 2.31. The Hall–Kier alpha value is -6.96. The van der Waals surface area contributed by atoms with Crippen molar-refractivity contribution < 1.29 is 24.0 Å². The molecule has 4 saturated heterocycles. The monoisotopic (exact) mass is 963 g/mol. The lowest BCUT2D eigenvalue weighted by molar-refractivity contribution is -0.136. The zero-order chi connectivity index (χ0) is 48.4. The van der Waals surface area contributed by atoms with E-state index in [1.54, 1.807) is 24.4 Å². The van der Waals surface area contributed by atoms with E-state index in [0.29, 0.717) is 29.3 Å². The minimum absolute atomic E-state index is 0.121. The van der Waals surface area contributed by atoms with E-state index in [2.05, 4.69) is 62.6 Å². The SMILES string of the molecule is CC1(N)CCN(c2cnc(Sc3cccc(NC(=O)c4ccc(N5CCC(N6CCN(c7ccc(C(=O)NCc8ccc9c(c8)CN(C8CCC(=O)NC8=O)C9=O)nn7)CC6)CC5)cc4)c3)cn2)CC1. The maximum Gasteiger partial charge on any atom is 0.272 e. The lowest BCUT2D eigenvalue weighted by atomic mass is 9.91. The molecule has 0 bridgehead atoms. The number of amides is 5. The predicted octanol–water partition coefficient (Wildman–Crippen LogP) is 4.47. The Kier molecular flexibility index (Phi) is 13.5. The smallest absolute Gasteiger partial charge is 0.272 e. The van der Waals surface area contributed by atoms with Crippen LogP contribution in [0, 0.1) is 0 Å². The van der Waals surface area contributed by atoms with Gasteiger partial charge in [0, 0.05) is 111 Å². The summed E-state index contributed by atoms with van der Waals surface area (Å²) < 4.78 is 0. The molecule has 7 heterocycles. The third-order valence-electron chi connectivity index (χ3n) is 14.2. The second kappa shape index (κ2) is 20.2. The van der Waals surface area contributed by atoms with E-state index in [-0.39, 0.29) is 54.4 Å². The number of carbonyl (C=O) groups excluding carboxylic acids is 5. The molecule has 10 rings (SSSR count). The van der Waals surface area contributed by atoms with Gasteiger partial charge in [-0.3, -0.25) is 34.2 Å². The number of carbonyl (C=O) groups is 5. The van der Waals surface area contributed by atoms with Crippen molar-refractivity contribution >= 4 is 64.3 Å². The normalized spacial score (nSPS) is 19.7. The fourth-order valence-electron chi connectivity index (χ4n) is 9.99. The van der Waals surface area contributed by atoms with Crippen molar-refractivity contribution in [3.63, 3.8) is 0 Å². The van der Waals surface area contributed by atoms with Crippen LogP contribution in [0.15, 0.2) is 101 Å². The predicted molar refractivity (Wildman–Crippen MR) is 266 cm³/mol. The van der Waals surface area contributed by atoms with E-state index in [1.807, 2.05) is 66.9 Å². The van der Waals surface area contributed by atoms with Crippen LogP contribution >= 0.6 is 11.8 Å². The highest BCUT2D eigenvalue weighted by atomic mass is 32.2. The Labute approximate surface area is 410 Å². The third kappa shape index (κ3) is 10.6. The van der Waals surface area contributed by atoms with Gasteiger partial charge < -0.3 is 36.0 Å². The number of rotatable bonds is 12. The number of nitrogens with zero attached hydrogens (tertiary/aromatic N) is 9. The van der Waals surface area contributed by atoms with Crippen molar-refractivity contribution in [2.75, 3.05) is 72.4 Å². The average molecular weight is 964 g/mol. The summed E-state index contributed by atoms with van der Waals surface area (Å²) in [6, 6.07) is 24.4. The van der Waals surface area contributed by atoms with Crippen molar-refractivity contribution in [3.8, 4) is 0 Å². The molecular weight excluding hydrogens is 907 g/mol. The first-order valence-corrected chi connectivity index (χ1v) is 24.9. The second-order valence-electron chi connectivity index (χ2n) is 19.1. The van der Waals surface area contributed by atoms with Crippen LogP contribution in [0.4, 0.5) is 23.0 Å². The molecule has 0 saturated carbocycles. The first-order valence-electron chi connectivity index (χ1n) is 24.1. The molecule has 5 aromatic rings. The molecule has 18 nitrogen and oxygen atoms in total. The Morgan fingerprint density at radius 2 is 1.56 bits per heavy atom. The molecule has 5 amide bonds.